The molecular weight excluding hydrogens is 427 g/mol. The Balaban J connectivity index is 0.000000394. The molecule has 2 heterocycles. The van der Waals surface area contributed by atoms with E-state index < -0.39 is 0 Å². The van der Waals surface area contributed by atoms with Gasteiger partial charge >= 0.3 is 0 Å². The van der Waals surface area contributed by atoms with Gasteiger partial charge < -0.3 is 17.6 Å². The summed E-state index contributed by atoms with van der Waals surface area (Å²) in [5, 5.41) is 3.22. The first-order chi connectivity index (χ1) is 12.2. The Kier molecular flexibility index (Phi) is 16.2. The molecule has 0 aromatic heterocycles. The van der Waals surface area contributed by atoms with Crippen LogP contribution in [0.1, 0.15) is 90.9 Å². The van der Waals surface area contributed by atoms with Crippen molar-refractivity contribution >= 4 is 5.78 Å². The van der Waals surface area contributed by atoms with Crippen molar-refractivity contribution in [3.05, 3.63) is 7.43 Å². The molecule has 4 fully saturated rings. The summed E-state index contributed by atoms with van der Waals surface area (Å²) in [7, 11) is 0. The Labute approximate surface area is 183 Å². The smallest absolute Gasteiger partial charge is 0.135 e. The molecule has 0 bridgehead atoms. The van der Waals surface area contributed by atoms with E-state index in [0.29, 0.717) is 11.7 Å². The van der Waals surface area contributed by atoms with Gasteiger partial charge in [-0.2, -0.15) is 0 Å². The zero-order valence-corrected chi connectivity index (χ0v) is 19.8. The van der Waals surface area contributed by atoms with Crippen LogP contribution in [-0.4, -0.2) is 42.9 Å². The van der Waals surface area contributed by atoms with Crippen LogP contribution in [0.2, 0.25) is 0 Å². The largest absolute Gasteiger partial charge is 0.358 e. The van der Waals surface area contributed by atoms with E-state index in [1.807, 2.05) is 6.92 Å². The molecule has 0 aromatic carbocycles. The summed E-state index contributed by atoms with van der Waals surface area (Å²) in [4.78, 5) is 13.5. The predicted octanol–water partition coefficient (Wildman–Crippen LogP) is 5.24. The third-order valence-corrected chi connectivity index (χ3v) is 6.49. The molecule has 3 atom stereocenters. The van der Waals surface area contributed by atoms with Crippen molar-refractivity contribution in [2.45, 2.75) is 96.9 Å². The van der Waals surface area contributed by atoms with Gasteiger partial charge in [0.25, 0.3) is 0 Å². The predicted molar refractivity (Wildman–Crippen MR) is 113 cm³/mol. The molecule has 4 rings (SSSR count). The number of carbonyl (C=O) groups is 1. The van der Waals surface area contributed by atoms with Crippen LogP contribution in [0.5, 0.6) is 0 Å². The Morgan fingerprint density at radius 1 is 0.815 bits per heavy atom. The van der Waals surface area contributed by atoms with E-state index in [9.17, 15) is 4.79 Å². The minimum Gasteiger partial charge on any atom is -0.358 e. The van der Waals surface area contributed by atoms with Gasteiger partial charge in [0, 0.05) is 38.8 Å². The van der Waals surface area contributed by atoms with E-state index in [-0.39, 0.29) is 27.8 Å². The van der Waals surface area contributed by atoms with E-state index in [0.717, 1.165) is 31.2 Å². The minimum atomic E-state index is 0. The summed E-state index contributed by atoms with van der Waals surface area (Å²) in [5.41, 5.74) is 0. The topological polar surface area (TPSA) is 32.3 Å². The van der Waals surface area contributed by atoms with Crippen molar-refractivity contribution in [2.75, 3.05) is 26.2 Å². The summed E-state index contributed by atoms with van der Waals surface area (Å²) in [6.45, 7) is 9.74. The van der Waals surface area contributed by atoms with Gasteiger partial charge in [0.1, 0.15) is 5.78 Å². The molecule has 2 saturated heterocycles. The second-order valence-electron chi connectivity index (χ2n) is 8.64. The first-order valence-corrected chi connectivity index (χ1v) is 11.2. The Bertz CT molecular complexity index is 360. The maximum absolute atomic E-state index is 10.8. The molecule has 164 valence electrons. The monoisotopic (exact) mass is 471 g/mol. The molecule has 2 saturated carbocycles. The number of nitrogens with one attached hydrogen (secondary N) is 1. The van der Waals surface area contributed by atoms with Gasteiger partial charge in [0.15, 0.2) is 0 Å². The molecular formula is C23H45N2OPd-. The molecule has 1 N–H and O–H groups in total. The molecule has 2 aliphatic carbocycles. The zero-order valence-electron chi connectivity index (χ0n) is 18.2. The van der Waals surface area contributed by atoms with E-state index in [2.05, 4.69) is 17.1 Å². The maximum atomic E-state index is 10.8. The van der Waals surface area contributed by atoms with Crippen LogP contribution in [0, 0.1) is 19.3 Å². The first-order valence-electron chi connectivity index (χ1n) is 11.2. The van der Waals surface area contributed by atoms with Crippen LogP contribution in [0.3, 0.4) is 0 Å². The second kappa shape index (κ2) is 16.1. The number of carbonyl (C=O) groups excluding carboxylic acids is 1. The number of likely N-dealkylation sites (tertiary alicyclic amines) is 1. The molecule has 27 heavy (non-hydrogen) atoms. The number of hydrogen-bond donors (Lipinski definition) is 1. The zero-order chi connectivity index (χ0) is 17.9. The van der Waals surface area contributed by atoms with Gasteiger partial charge in [0.2, 0.25) is 0 Å². The van der Waals surface area contributed by atoms with Gasteiger partial charge in [-0.1, -0.05) is 33.1 Å². The van der Waals surface area contributed by atoms with Crippen molar-refractivity contribution in [1.29, 1.82) is 0 Å². The van der Waals surface area contributed by atoms with Gasteiger partial charge in [-0.05, 0) is 83.5 Å². The molecule has 3 nitrogen and oxygen atoms in total. The molecule has 3 unspecified atom stereocenters. The molecule has 0 amide bonds. The normalized spacial score (nSPS) is 30.7. The van der Waals surface area contributed by atoms with Crippen molar-refractivity contribution in [3.8, 4) is 0 Å². The molecule has 0 aromatic rings. The quantitative estimate of drug-likeness (QED) is 0.419. The SMILES string of the molecule is C1CCNC1.CC1CCCCC1=O.CC1CCCCC1N1CCCC1.[CH3-].[Pd]. The van der Waals surface area contributed by atoms with Crippen LogP contribution < -0.4 is 5.32 Å². The summed E-state index contributed by atoms with van der Waals surface area (Å²) < 4.78 is 0. The average molecular weight is 472 g/mol. The van der Waals surface area contributed by atoms with Gasteiger partial charge in [0.05, 0.1) is 0 Å². The van der Waals surface area contributed by atoms with Gasteiger partial charge in [-0.25, -0.2) is 0 Å². The van der Waals surface area contributed by atoms with Crippen LogP contribution in [0.25, 0.3) is 0 Å². The number of rotatable bonds is 1. The third-order valence-electron chi connectivity index (χ3n) is 6.49. The maximum Gasteiger partial charge on any atom is 0.135 e. The number of ketones is 1. The molecule has 4 heteroatoms. The van der Waals surface area contributed by atoms with Gasteiger partial charge in [-0.15, -0.1) is 0 Å². The number of nitrogens with zero attached hydrogens (tertiary/aromatic N) is 1. The Morgan fingerprint density at radius 2 is 1.41 bits per heavy atom. The third kappa shape index (κ3) is 10.6. The van der Waals surface area contributed by atoms with Crippen LogP contribution in [0.15, 0.2) is 0 Å². The van der Waals surface area contributed by atoms with E-state index in [1.165, 1.54) is 84.0 Å². The van der Waals surface area contributed by atoms with Crippen molar-refractivity contribution < 1.29 is 25.2 Å². The van der Waals surface area contributed by atoms with Crippen LogP contribution in [-0.2, 0) is 25.2 Å². The summed E-state index contributed by atoms with van der Waals surface area (Å²) in [5.74, 6) is 1.80. The van der Waals surface area contributed by atoms with E-state index >= 15 is 0 Å². The fourth-order valence-electron chi connectivity index (χ4n) is 4.69. The number of hydrogen-bond acceptors (Lipinski definition) is 3. The number of Topliss-reactive ketones (excluding diaryl/α,β-unsaturated/α-hetero) is 1. The summed E-state index contributed by atoms with van der Waals surface area (Å²) in [6.07, 6.45) is 15.9. The molecule has 0 spiro atoms. The second-order valence-corrected chi connectivity index (χ2v) is 8.64. The standard InChI is InChI=1S/C11H21N.C7H12O.C4H9N.CH3.Pd/c1-10-6-2-3-7-11(10)12-8-4-5-9-12;1-6-4-2-3-5-7(6)8;1-2-4-5-3-1;;/h10-11H,2-9H2,1H3;6H,2-5H2,1H3;5H,1-4H2;1H3;/q;;;-1;. The van der Waals surface area contributed by atoms with Gasteiger partial charge in [-0.3, -0.25) is 4.79 Å². The molecule has 4 aliphatic rings. The fourth-order valence-corrected chi connectivity index (χ4v) is 4.69. The molecule has 0 radical (unpaired) electrons. The van der Waals surface area contributed by atoms with Crippen molar-refractivity contribution in [3.63, 3.8) is 0 Å². The summed E-state index contributed by atoms with van der Waals surface area (Å²) >= 11 is 0. The van der Waals surface area contributed by atoms with E-state index in [4.69, 9.17) is 0 Å². The minimum absolute atomic E-state index is 0. The first kappa shape index (κ1) is 27.3. The fraction of sp³-hybridized carbons (Fsp3) is 0.913. The molecule has 2 aliphatic heterocycles. The summed E-state index contributed by atoms with van der Waals surface area (Å²) in [6, 6.07) is 0.946. The Morgan fingerprint density at radius 3 is 1.85 bits per heavy atom. The Hall–Kier alpha value is 0.252. The van der Waals surface area contributed by atoms with Crippen LogP contribution >= 0.6 is 0 Å². The van der Waals surface area contributed by atoms with E-state index in [1.54, 1.807) is 0 Å². The average Bonchev–Trinajstić information content (AvgIpc) is 3.35. The van der Waals surface area contributed by atoms with Crippen molar-refractivity contribution in [2.24, 2.45) is 11.8 Å². The van der Waals surface area contributed by atoms with Crippen molar-refractivity contribution in [1.82, 2.24) is 10.2 Å². The van der Waals surface area contributed by atoms with Crippen LogP contribution in [0.4, 0.5) is 0 Å².